The van der Waals surface area contributed by atoms with Crippen LogP contribution in [0.15, 0.2) is 22.1 Å². The SMILES string of the molecule is N#C/C(=N\Nc1cc([N+](=O)[O-])cc(S(=O)(=O)O)c1O)C(=N)N. The predicted octanol–water partition coefficient (Wildman–Crippen LogP) is -0.225. The van der Waals surface area contributed by atoms with Crippen molar-refractivity contribution < 1.29 is 23.0 Å². The number of hydrogen-bond acceptors (Lipinski definition) is 9. The number of hydrogen-bond donors (Lipinski definition) is 5. The zero-order valence-corrected chi connectivity index (χ0v) is 11.3. The number of phenolic OH excluding ortho intramolecular Hbond substituents is 1. The van der Waals surface area contributed by atoms with Crippen molar-refractivity contribution in [2.24, 2.45) is 10.8 Å². The third-order valence-electron chi connectivity index (χ3n) is 2.20. The second-order valence-corrected chi connectivity index (χ2v) is 5.06. The summed E-state index contributed by atoms with van der Waals surface area (Å²) in [5.74, 6) is -1.78. The first-order valence-corrected chi connectivity index (χ1v) is 6.59. The molecule has 0 bridgehead atoms. The van der Waals surface area contributed by atoms with E-state index in [2.05, 4.69) is 5.10 Å². The van der Waals surface area contributed by atoms with Crippen molar-refractivity contribution in [3.8, 4) is 11.8 Å². The topological polar surface area (TPSA) is 216 Å². The average Bonchev–Trinajstić information content (AvgIpc) is 2.38. The fourth-order valence-corrected chi connectivity index (χ4v) is 1.87. The summed E-state index contributed by atoms with van der Waals surface area (Å²) in [6.07, 6.45) is 0. The van der Waals surface area contributed by atoms with E-state index in [0.29, 0.717) is 12.1 Å². The Bertz CT molecular complexity index is 824. The molecule has 0 saturated heterocycles. The van der Waals surface area contributed by atoms with Gasteiger partial charge in [0.25, 0.3) is 15.8 Å². The quantitative estimate of drug-likeness (QED) is 0.120. The number of rotatable bonds is 5. The number of nitro benzene ring substituents is 1. The summed E-state index contributed by atoms with van der Waals surface area (Å²) >= 11 is 0. The van der Waals surface area contributed by atoms with Crippen LogP contribution in [0.4, 0.5) is 11.4 Å². The summed E-state index contributed by atoms with van der Waals surface area (Å²) in [6.45, 7) is 0. The molecular weight excluding hydrogens is 320 g/mol. The van der Waals surface area contributed by atoms with E-state index in [1.807, 2.05) is 5.43 Å². The first-order valence-electron chi connectivity index (χ1n) is 5.15. The summed E-state index contributed by atoms with van der Waals surface area (Å²) in [7, 11) is -4.95. The molecule has 1 aromatic carbocycles. The molecule has 0 aliphatic heterocycles. The Morgan fingerprint density at radius 2 is 2.14 bits per heavy atom. The number of nitrogens with zero attached hydrogens (tertiary/aromatic N) is 3. The first kappa shape index (κ1) is 16.8. The monoisotopic (exact) mass is 328 g/mol. The van der Waals surface area contributed by atoms with Gasteiger partial charge in [0.05, 0.1) is 4.92 Å². The van der Waals surface area contributed by atoms with Gasteiger partial charge in [-0.15, -0.1) is 0 Å². The van der Waals surface area contributed by atoms with Crippen LogP contribution in [0.2, 0.25) is 0 Å². The lowest BCUT2D eigenvalue weighted by atomic mass is 10.2. The van der Waals surface area contributed by atoms with E-state index in [1.54, 1.807) is 0 Å². The molecule has 1 rings (SSSR count). The lowest BCUT2D eigenvalue weighted by molar-refractivity contribution is -0.385. The number of nitrogens with two attached hydrogens (primary N) is 1. The number of hydrazone groups is 1. The van der Waals surface area contributed by atoms with Crippen molar-refractivity contribution in [2.75, 3.05) is 5.43 Å². The molecule has 6 N–H and O–H groups in total. The molecule has 22 heavy (non-hydrogen) atoms. The number of non-ortho nitro benzene ring substituents is 1. The minimum atomic E-state index is -4.95. The molecular formula is C9H8N6O6S. The van der Waals surface area contributed by atoms with E-state index in [0.717, 1.165) is 0 Å². The van der Waals surface area contributed by atoms with Crippen molar-refractivity contribution in [3.05, 3.63) is 22.2 Å². The van der Waals surface area contributed by atoms with Gasteiger partial charge in [-0.2, -0.15) is 18.8 Å². The van der Waals surface area contributed by atoms with Crippen molar-refractivity contribution in [3.63, 3.8) is 0 Å². The van der Waals surface area contributed by atoms with E-state index in [1.165, 1.54) is 6.07 Å². The minimum Gasteiger partial charge on any atom is -0.504 e. The van der Waals surface area contributed by atoms with Gasteiger partial charge in [-0.25, -0.2) is 0 Å². The first-order chi connectivity index (χ1) is 10.1. The lowest BCUT2D eigenvalue weighted by Gasteiger charge is -2.07. The second-order valence-electron chi connectivity index (χ2n) is 3.67. The molecule has 12 nitrogen and oxygen atoms in total. The molecule has 0 fully saturated rings. The summed E-state index contributed by atoms with van der Waals surface area (Å²) < 4.78 is 31.1. The normalized spacial score (nSPS) is 11.5. The van der Waals surface area contributed by atoms with Gasteiger partial charge >= 0.3 is 0 Å². The Kier molecular flexibility index (Phi) is 4.61. The molecule has 1 aromatic rings. The number of anilines is 1. The lowest BCUT2D eigenvalue weighted by Crippen LogP contribution is -2.21. The van der Waals surface area contributed by atoms with E-state index in [4.69, 9.17) is 21.0 Å². The summed E-state index contributed by atoms with van der Waals surface area (Å²) in [5.41, 5.74) is 5.01. The molecule has 0 aromatic heterocycles. The Hall–Kier alpha value is -3.24. The zero-order chi connectivity index (χ0) is 17.1. The fourth-order valence-electron chi connectivity index (χ4n) is 1.24. The largest absolute Gasteiger partial charge is 0.504 e. The van der Waals surface area contributed by atoms with Gasteiger partial charge in [0.1, 0.15) is 16.7 Å². The second kappa shape index (κ2) is 6.03. The van der Waals surface area contributed by atoms with E-state index >= 15 is 0 Å². The van der Waals surface area contributed by atoms with Gasteiger partial charge in [-0.3, -0.25) is 25.5 Å². The molecule has 0 unspecified atom stereocenters. The maximum atomic E-state index is 11.1. The Morgan fingerprint density at radius 3 is 2.55 bits per heavy atom. The number of nitro groups is 1. The number of amidine groups is 1. The zero-order valence-electron chi connectivity index (χ0n) is 10.5. The molecule has 0 aliphatic carbocycles. The fraction of sp³-hybridized carbons (Fsp3) is 0. The third kappa shape index (κ3) is 3.65. The van der Waals surface area contributed by atoms with Gasteiger partial charge in [-0.1, -0.05) is 0 Å². The standard InChI is InChI=1S/C9H8N6O6S/c10-3-6(9(11)12)14-13-5-1-4(15(17)18)2-7(8(5)16)22(19,20)21/h1-2,13,16H,(H3,11,12)(H,19,20,21)/b14-6+. The molecule has 0 amide bonds. The molecule has 116 valence electrons. The van der Waals surface area contributed by atoms with Crippen LogP contribution >= 0.6 is 0 Å². The van der Waals surface area contributed by atoms with Crippen molar-refractivity contribution >= 4 is 33.0 Å². The van der Waals surface area contributed by atoms with Crippen LogP contribution in [0.1, 0.15) is 0 Å². The number of phenols is 1. The van der Waals surface area contributed by atoms with Crippen molar-refractivity contribution in [1.82, 2.24) is 0 Å². The van der Waals surface area contributed by atoms with E-state index in [9.17, 15) is 23.6 Å². The summed E-state index contributed by atoms with van der Waals surface area (Å²) in [4.78, 5) is 8.63. The maximum absolute atomic E-state index is 11.1. The molecule has 0 aliphatic rings. The van der Waals surface area contributed by atoms with Gasteiger partial charge in [0.2, 0.25) is 5.71 Å². The number of nitrogens with one attached hydrogen (secondary N) is 2. The molecule has 0 saturated carbocycles. The highest BCUT2D eigenvalue weighted by Crippen LogP contribution is 2.35. The van der Waals surface area contributed by atoms with Gasteiger partial charge in [-0.05, 0) is 0 Å². The van der Waals surface area contributed by atoms with Crippen LogP contribution in [0.3, 0.4) is 0 Å². The van der Waals surface area contributed by atoms with Gasteiger partial charge < -0.3 is 10.8 Å². The number of benzene rings is 1. The van der Waals surface area contributed by atoms with E-state index in [-0.39, 0.29) is 0 Å². The smallest absolute Gasteiger partial charge is 0.298 e. The highest BCUT2D eigenvalue weighted by molar-refractivity contribution is 7.86. The van der Waals surface area contributed by atoms with Crippen LogP contribution in [-0.4, -0.2) is 34.5 Å². The van der Waals surface area contributed by atoms with Gasteiger partial charge in [0.15, 0.2) is 11.6 Å². The molecule has 0 atom stereocenters. The predicted molar refractivity (Wildman–Crippen MR) is 73.2 cm³/mol. The Morgan fingerprint density at radius 1 is 1.55 bits per heavy atom. The number of aromatic hydroxyl groups is 1. The van der Waals surface area contributed by atoms with Crippen LogP contribution in [-0.2, 0) is 10.1 Å². The van der Waals surface area contributed by atoms with Crippen LogP contribution in [0.25, 0.3) is 0 Å². The highest BCUT2D eigenvalue weighted by atomic mass is 32.2. The van der Waals surface area contributed by atoms with Gasteiger partial charge in [0, 0.05) is 12.1 Å². The number of nitriles is 1. The highest BCUT2D eigenvalue weighted by Gasteiger charge is 2.24. The molecule has 0 spiro atoms. The van der Waals surface area contributed by atoms with Crippen molar-refractivity contribution in [2.45, 2.75) is 4.90 Å². The molecule has 0 radical (unpaired) electrons. The van der Waals surface area contributed by atoms with Crippen LogP contribution in [0, 0.1) is 26.9 Å². The van der Waals surface area contributed by atoms with E-state index < -0.39 is 48.6 Å². The summed E-state index contributed by atoms with van der Waals surface area (Å²) in [5, 5.41) is 39.3. The Balaban J connectivity index is 3.49. The summed E-state index contributed by atoms with van der Waals surface area (Å²) in [6, 6.07) is 2.58. The molecule has 0 heterocycles. The Labute approximate surface area is 122 Å². The minimum absolute atomic E-state index is 0.440. The van der Waals surface area contributed by atoms with Crippen LogP contribution in [0.5, 0.6) is 5.75 Å². The average molecular weight is 328 g/mol. The van der Waals surface area contributed by atoms with Crippen molar-refractivity contribution in [1.29, 1.82) is 10.7 Å². The molecule has 13 heteroatoms. The maximum Gasteiger partial charge on any atom is 0.298 e. The van der Waals surface area contributed by atoms with Crippen LogP contribution < -0.4 is 11.2 Å². The third-order valence-corrected chi connectivity index (χ3v) is 3.06.